The summed E-state index contributed by atoms with van der Waals surface area (Å²) in [5, 5.41) is 13.9. The second-order valence-electron chi connectivity index (χ2n) is 7.03. The maximum absolute atomic E-state index is 13.0. The Morgan fingerprint density at radius 2 is 1.83 bits per heavy atom. The summed E-state index contributed by atoms with van der Waals surface area (Å²) in [5.41, 5.74) is 2.18. The number of aryl methyl sites for hydroxylation is 1. The topological polar surface area (TPSA) is 104 Å². The molecular formula is C20H15ClN6O3. The van der Waals surface area contributed by atoms with Crippen molar-refractivity contribution >= 4 is 29.1 Å². The smallest absolute Gasteiger partial charge is 0.263 e. The van der Waals surface area contributed by atoms with E-state index in [9.17, 15) is 9.59 Å². The maximum Gasteiger partial charge on any atom is 0.263 e. The molecule has 0 saturated carbocycles. The maximum atomic E-state index is 13.0. The van der Waals surface area contributed by atoms with Crippen molar-refractivity contribution in [2.45, 2.75) is 25.6 Å². The van der Waals surface area contributed by atoms with Gasteiger partial charge in [0, 0.05) is 5.56 Å². The van der Waals surface area contributed by atoms with Gasteiger partial charge in [-0.05, 0) is 31.2 Å². The van der Waals surface area contributed by atoms with Gasteiger partial charge in [0.05, 0.1) is 10.7 Å². The van der Waals surface area contributed by atoms with E-state index in [1.165, 1.54) is 5.01 Å². The average Bonchev–Trinajstić information content (AvgIpc) is 3.42. The van der Waals surface area contributed by atoms with Gasteiger partial charge < -0.3 is 4.52 Å². The fourth-order valence-corrected chi connectivity index (χ4v) is 3.73. The second kappa shape index (κ2) is 7.03. The minimum Gasteiger partial charge on any atom is -0.337 e. The van der Waals surface area contributed by atoms with Gasteiger partial charge in [-0.3, -0.25) is 14.6 Å². The molecule has 0 N–H and O–H groups in total. The Kier molecular flexibility index (Phi) is 4.32. The van der Waals surface area contributed by atoms with Crippen LogP contribution < -0.4 is 4.90 Å². The SMILES string of the molecule is Cc1ccc(N2C(=O)[C@@H]3N=NN(Cc4nc(-c5ccccc5Cl)no4)[C@H]3C2=O)cc1. The zero-order chi connectivity index (χ0) is 20.8. The molecule has 5 rings (SSSR count). The molecule has 3 heterocycles. The van der Waals surface area contributed by atoms with Crippen LogP contribution in [-0.2, 0) is 16.1 Å². The number of rotatable bonds is 4. The van der Waals surface area contributed by atoms with Crippen molar-refractivity contribution < 1.29 is 14.1 Å². The number of carbonyl (C=O) groups is 2. The Balaban J connectivity index is 1.37. The van der Waals surface area contributed by atoms with E-state index >= 15 is 0 Å². The highest BCUT2D eigenvalue weighted by atomic mass is 35.5. The van der Waals surface area contributed by atoms with Gasteiger partial charge in [0.15, 0.2) is 12.1 Å². The average molecular weight is 423 g/mol. The van der Waals surface area contributed by atoms with Crippen LogP contribution in [0.25, 0.3) is 11.4 Å². The lowest BCUT2D eigenvalue weighted by molar-refractivity contribution is -0.123. The van der Waals surface area contributed by atoms with Gasteiger partial charge in [0.25, 0.3) is 11.8 Å². The Morgan fingerprint density at radius 1 is 1.07 bits per heavy atom. The zero-order valence-corrected chi connectivity index (χ0v) is 16.5. The highest BCUT2D eigenvalue weighted by Gasteiger charge is 2.55. The monoisotopic (exact) mass is 422 g/mol. The quantitative estimate of drug-likeness (QED) is 0.598. The Bertz CT molecular complexity index is 1180. The number of carbonyl (C=O) groups excluding carboxylic acids is 2. The van der Waals surface area contributed by atoms with E-state index in [2.05, 4.69) is 20.5 Å². The van der Waals surface area contributed by atoms with Crippen LogP contribution in [-0.4, -0.2) is 39.0 Å². The van der Waals surface area contributed by atoms with Crippen LogP contribution in [0.2, 0.25) is 5.02 Å². The normalized spacial score (nSPS) is 20.3. The first-order chi connectivity index (χ1) is 14.5. The van der Waals surface area contributed by atoms with Gasteiger partial charge in [-0.1, -0.05) is 51.8 Å². The van der Waals surface area contributed by atoms with Crippen molar-refractivity contribution in [1.82, 2.24) is 15.1 Å². The third-order valence-corrected chi connectivity index (χ3v) is 5.36. The van der Waals surface area contributed by atoms with Crippen molar-refractivity contribution in [1.29, 1.82) is 0 Å². The minimum atomic E-state index is -0.884. The fourth-order valence-electron chi connectivity index (χ4n) is 3.51. The molecule has 10 heteroatoms. The Hall–Kier alpha value is -3.59. The summed E-state index contributed by atoms with van der Waals surface area (Å²) in [5.74, 6) is -0.218. The molecule has 3 aromatic rings. The van der Waals surface area contributed by atoms with E-state index in [4.69, 9.17) is 16.1 Å². The first-order valence-corrected chi connectivity index (χ1v) is 9.60. The number of benzene rings is 2. The van der Waals surface area contributed by atoms with Crippen molar-refractivity contribution in [3.63, 3.8) is 0 Å². The lowest BCUT2D eigenvalue weighted by Crippen LogP contribution is -2.39. The van der Waals surface area contributed by atoms with Crippen LogP contribution in [0.4, 0.5) is 5.69 Å². The second-order valence-corrected chi connectivity index (χ2v) is 7.44. The number of anilines is 1. The summed E-state index contributed by atoms with van der Waals surface area (Å²) in [6.07, 6.45) is 0. The van der Waals surface area contributed by atoms with E-state index < -0.39 is 18.0 Å². The first-order valence-electron chi connectivity index (χ1n) is 9.22. The van der Waals surface area contributed by atoms with Crippen LogP contribution in [0, 0.1) is 6.92 Å². The van der Waals surface area contributed by atoms with E-state index in [0.29, 0.717) is 22.1 Å². The third-order valence-electron chi connectivity index (χ3n) is 5.03. The molecule has 2 aromatic carbocycles. The van der Waals surface area contributed by atoms with E-state index in [1.807, 2.05) is 25.1 Å². The lowest BCUT2D eigenvalue weighted by atomic mass is 10.1. The molecule has 0 spiro atoms. The fraction of sp³-hybridized carbons (Fsp3) is 0.200. The molecule has 0 aliphatic carbocycles. The molecule has 2 amide bonds. The molecule has 0 radical (unpaired) electrons. The van der Waals surface area contributed by atoms with E-state index in [0.717, 1.165) is 10.5 Å². The first kappa shape index (κ1) is 18.4. The molecule has 9 nitrogen and oxygen atoms in total. The van der Waals surface area contributed by atoms with E-state index in [1.54, 1.807) is 30.3 Å². The number of hydrogen-bond acceptors (Lipinski definition) is 8. The van der Waals surface area contributed by atoms with Gasteiger partial charge in [0.2, 0.25) is 11.7 Å². The number of hydrogen-bond donors (Lipinski definition) is 0. The number of imide groups is 1. The predicted octanol–water partition coefficient (Wildman–Crippen LogP) is 3.19. The lowest BCUT2D eigenvalue weighted by Gasteiger charge is -2.19. The Morgan fingerprint density at radius 3 is 2.60 bits per heavy atom. The number of nitrogens with zero attached hydrogens (tertiary/aromatic N) is 6. The molecule has 2 aliphatic rings. The summed E-state index contributed by atoms with van der Waals surface area (Å²) < 4.78 is 5.30. The van der Waals surface area contributed by atoms with Gasteiger partial charge in [0.1, 0.15) is 6.54 Å². The molecule has 30 heavy (non-hydrogen) atoms. The molecule has 1 aromatic heterocycles. The summed E-state index contributed by atoms with van der Waals surface area (Å²) in [7, 11) is 0. The molecule has 1 saturated heterocycles. The molecule has 150 valence electrons. The summed E-state index contributed by atoms with van der Waals surface area (Å²) in [6, 6.07) is 12.6. The van der Waals surface area contributed by atoms with E-state index in [-0.39, 0.29) is 18.3 Å². The molecular weight excluding hydrogens is 408 g/mol. The number of amides is 2. The number of aromatic nitrogens is 2. The van der Waals surface area contributed by atoms with Gasteiger partial charge in [-0.25, -0.2) is 4.90 Å². The van der Waals surface area contributed by atoms with Gasteiger partial charge >= 0.3 is 0 Å². The third kappa shape index (κ3) is 2.94. The number of halogens is 1. The minimum absolute atomic E-state index is 0.0445. The Labute approximate surface area is 175 Å². The van der Waals surface area contributed by atoms with Crippen LogP contribution in [0.15, 0.2) is 63.4 Å². The summed E-state index contributed by atoms with van der Waals surface area (Å²) >= 11 is 6.18. The molecule has 1 fully saturated rings. The standard InChI is InChI=1S/C20H15ClN6O3/c1-11-6-8-12(9-7-11)27-19(28)16-17(20(27)29)26(25-23-16)10-15-22-18(24-30-15)13-4-2-3-5-14(13)21/h2-9,16-17H,10H2,1H3/t16-,17-/m1/s1. The van der Waals surface area contributed by atoms with Crippen molar-refractivity contribution in [3.8, 4) is 11.4 Å². The van der Waals surface area contributed by atoms with Crippen LogP contribution in [0.1, 0.15) is 11.5 Å². The van der Waals surface area contributed by atoms with Crippen LogP contribution in [0.3, 0.4) is 0 Å². The molecule has 2 atom stereocenters. The summed E-state index contributed by atoms with van der Waals surface area (Å²) in [4.78, 5) is 31.3. The molecule has 0 bridgehead atoms. The van der Waals surface area contributed by atoms with Gasteiger partial charge in [-0.2, -0.15) is 10.1 Å². The van der Waals surface area contributed by atoms with Crippen molar-refractivity contribution in [2.24, 2.45) is 10.3 Å². The predicted molar refractivity (Wildman–Crippen MR) is 106 cm³/mol. The highest BCUT2D eigenvalue weighted by Crippen LogP contribution is 2.33. The molecule has 2 aliphatic heterocycles. The molecule has 0 unspecified atom stereocenters. The highest BCUT2D eigenvalue weighted by molar-refractivity contribution is 6.33. The number of fused-ring (bicyclic) bond motifs is 1. The summed E-state index contributed by atoms with van der Waals surface area (Å²) in [6.45, 7) is 1.98. The van der Waals surface area contributed by atoms with Crippen molar-refractivity contribution in [3.05, 3.63) is 65.0 Å². The van der Waals surface area contributed by atoms with Gasteiger partial charge in [-0.15, -0.1) is 0 Å². The van der Waals surface area contributed by atoms with Crippen molar-refractivity contribution in [2.75, 3.05) is 4.90 Å². The van der Waals surface area contributed by atoms with Crippen LogP contribution in [0.5, 0.6) is 0 Å². The van der Waals surface area contributed by atoms with Crippen LogP contribution >= 0.6 is 11.6 Å². The largest absolute Gasteiger partial charge is 0.337 e. The zero-order valence-electron chi connectivity index (χ0n) is 15.8.